The van der Waals surface area contributed by atoms with Gasteiger partial charge in [-0.25, -0.2) is 4.98 Å². The molecule has 0 aliphatic heterocycles. The molecule has 0 spiro atoms. The summed E-state index contributed by atoms with van der Waals surface area (Å²) < 4.78 is 5.24. The summed E-state index contributed by atoms with van der Waals surface area (Å²) in [6, 6.07) is 8.99. The van der Waals surface area contributed by atoms with E-state index in [4.69, 9.17) is 4.74 Å². The highest BCUT2D eigenvalue weighted by atomic mass is 16.5. The largest absolute Gasteiger partial charge is 0.495 e. The second-order valence-corrected chi connectivity index (χ2v) is 4.34. The summed E-state index contributed by atoms with van der Waals surface area (Å²) in [7, 11) is 3.33. The molecular weight excluding hydrogens is 254 g/mol. The van der Waals surface area contributed by atoms with Crippen molar-refractivity contribution in [3.8, 4) is 5.75 Å². The van der Waals surface area contributed by atoms with Crippen molar-refractivity contribution in [1.29, 1.82) is 0 Å². The predicted molar refractivity (Wildman–Crippen MR) is 79.5 cm³/mol. The van der Waals surface area contributed by atoms with Gasteiger partial charge in [0.05, 0.1) is 12.8 Å². The van der Waals surface area contributed by atoms with Crippen LogP contribution in [0.5, 0.6) is 5.75 Å². The van der Waals surface area contributed by atoms with Crippen LogP contribution in [-0.2, 0) is 0 Å². The topological polar surface area (TPSA) is 63.2 Å². The Morgan fingerprint density at radius 2 is 2.05 bits per heavy atom. The lowest BCUT2D eigenvalue weighted by atomic mass is 10.2. The number of methoxy groups -OCH3 is 1. The monoisotopic (exact) mass is 271 g/mol. The van der Waals surface area contributed by atoms with Crippen molar-refractivity contribution in [3.63, 3.8) is 0 Å². The Hall–Kier alpha value is -2.56. The number of carbonyl (C=O) groups excluding carboxylic acids is 1. The first-order valence-electron chi connectivity index (χ1n) is 6.24. The van der Waals surface area contributed by atoms with Gasteiger partial charge < -0.3 is 15.4 Å². The molecule has 1 aromatic heterocycles. The first kappa shape index (κ1) is 13.9. The van der Waals surface area contributed by atoms with Crippen LogP contribution < -0.4 is 15.4 Å². The summed E-state index contributed by atoms with van der Waals surface area (Å²) in [5.41, 5.74) is 2.24. The van der Waals surface area contributed by atoms with E-state index in [1.807, 2.05) is 25.1 Å². The summed E-state index contributed by atoms with van der Waals surface area (Å²) in [5, 5.41) is 5.75. The summed E-state index contributed by atoms with van der Waals surface area (Å²) >= 11 is 0. The molecule has 0 fully saturated rings. The number of nitrogens with one attached hydrogen (secondary N) is 2. The Morgan fingerprint density at radius 3 is 2.75 bits per heavy atom. The van der Waals surface area contributed by atoms with E-state index in [0.717, 1.165) is 5.56 Å². The second kappa shape index (κ2) is 6.06. The highest BCUT2D eigenvalue weighted by Crippen LogP contribution is 2.25. The first-order valence-corrected chi connectivity index (χ1v) is 6.24. The average Bonchev–Trinajstić information content (AvgIpc) is 2.47. The molecule has 5 nitrogen and oxygen atoms in total. The fourth-order valence-corrected chi connectivity index (χ4v) is 1.82. The van der Waals surface area contributed by atoms with Crippen molar-refractivity contribution in [2.45, 2.75) is 6.92 Å². The van der Waals surface area contributed by atoms with Gasteiger partial charge in [-0.1, -0.05) is 6.07 Å². The number of ether oxygens (including phenoxy) is 1. The third-order valence-electron chi connectivity index (χ3n) is 2.88. The SMILES string of the molecule is CNc1cc(C(=O)Nc2cc(C)ccc2OC)ccn1. The van der Waals surface area contributed by atoms with Crippen molar-refractivity contribution in [2.75, 3.05) is 24.8 Å². The third kappa shape index (κ3) is 3.06. The summed E-state index contributed by atoms with van der Waals surface area (Å²) in [6.07, 6.45) is 1.59. The minimum Gasteiger partial charge on any atom is -0.495 e. The number of nitrogens with zero attached hydrogens (tertiary/aromatic N) is 1. The zero-order valence-corrected chi connectivity index (χ0v) is 11.7. The minimum absolute atomic E-state index is 0.201. The standard InChI is InChI=1S/C15H17N3O2/c1-10-4-5-13(20-3)12(8-10)18-15(19)11-6-7-17-14(9-11)16-2/h4-9H,1-3H3,(H,16,17)(H,18,19). The molecule has 0 aliphatic rings. The molecule has 1 heterocycles. The third-order valence-corrected chi connectivity index (χ3v) is 2.88. The average molecular weight is 271 g/mol. The van der Waals surface area contributed by atoms with Crippen LogP contribution in [0.4, 0.5) is 11.5 Å². The number of anilines is 2. The Kier molecular flexibility index (Phi) is 4.20. The number of hydrogen-bond acceptors (Lipinski definition) is 4. The van der Waals surface area contributed by atoms with Crippen LogP contribution in [0.25, 0.3) is 0 Å². The van der Waals surface area contributed by atoms with Crippen molar-refractivity contribution >= 4 is 17.4 Å². The lowest BCUT2D eigenvalue weighted by molar-refractivity contribution is 0.102. The van der Waals surface area contributed by atoms with E-state index < -0.39 is 0 Å². The molecule has 0 atom stereocenters. The summed E-state index contributed by atoms with van der Waals surface area (Å²) in [5.74, 6) is 1.08. The van der Waals surface area contributed by atoms with Gasteiger partial charge in [-0.05, 0) is 36.8 Å². The van der Waals surface area contributed by atoms with E-state index in [9.17, 15) is 4.79 Å². The van der Waals surface area contributed by atoms with E-state index in [0.29, 0.717) is 22.8 Å². The lowest BCUT2D eigenvalue weighted by Gasteiger charge is -2.11. The maximum Gasteiger partial charge on any atom is 0.255 e. The predicted octanol–water partition coefficient (Wildman–Crippen LogP) is 2.69. The number of carbonyl (C=O) groups is 1. The van der Waals surface area contributed by atoms with Gasteiger partial charge in [0.2, 0.25) is 0 Å². The van der Waals surface area contributed by atoms with E-state index >= 15 is 0 Å². The van der Waals surface area contributed by atoms with Crippen molar-refractivity contribution < 1.29 is 9.53 Å². The van der Waals surface area contributed by atoms with Crippen LogP contribution in [0.2, 0.25) is 0 Å². The van der Waals surface area contributed by atoms with Crippen LogP contribution in [0.1, 0.15) is 15.9 Å². The fourth-order valence-electron chi connectivity index (χ4n) is 1.82. The Morgan fingerprint density at radius 1 is 1.25 bits per heavy atom. The number of benzene rings is 1. The molecule has 0 unspecified atom stereocenters. The zero-order valence-electron chi connectivity index (χ0n) is 11.7. The van der Waals surface area contributed by atoms with Crippen LogP contribution in [0.15, 0.2) is 36.5 Å². The van der Waals surface area contributed by atoms with Crippen LogP contribution >= 0.6 is 0 Å². The molecule has 0 aliphatic carbocycles. The van der Waals surface area contributed by atoms with Gasteiger partial charge in [0, 0.05) is 18.8 Å². The molecule has 2 rings (SSSR count). The highest BCUT2D eigenvalue weighted by Gasteiger charge is 2.10. The maximum absolute atomic E-state index is 12.2. The zero-order chi connectivity index (χ0) is 14.5. The molecule has 0 saturated heterocycles. The molecule has 104 valence electrons. The highest BCUT2D eigenvalue weighted by molar-refractivity contribution is 6.05. The van der Waals surface area contributed by atoms with Crippen molar-refractivity contribution in [3.05, 3.63) is 47.7 Å². The number of pyridine rings is 1. The minimum atomic E-state index is -0.201. The smallest absolute Gasteiger partial charge is 0.255 e. The van der Waals surface area contributed by atoms with Gasteiger partial charge in [-0.15, -0.1) is 0 Å². The molecule has 1 amide bonds. The van der Waals surface area contributed by atoms with Crippen molar-refractivity contribution in [1.82, 2.24) is 4.98 Å². The number of aryl methyl sites for hydroxylation is 1. The number of aromatic nitrogens is 1. The van der Waals surface area contributed by atoms with Gasteiger partial charge in [-0.3, -0.25) is 4.79 Å². The van der Waals surface area contributed by atoms with Crippen molar-refractivity contribution in [2.24, 2.45) is 0 Å². The fraction of sp³-hybridized carbons (Fsp3) is 0.200. The van der Waals surface area contributed by atoms with Crippen LogP contribution in [-0.4, -0.2) is 25.0 Å². The molecule has 0 radical (unpaired) electrons. The summed E-state index contributed by atoms with van der Waals surface area (Å²) in [6.45, 7) is 1.96. The number of amides is 1. The van der Waals surface area contributed by atoms with Crippen LogP contribution in [0.3, 0.4) is 0 Å². The van der Waals surface area contributed by atoms with Gasteiger partial charge in [0.1, 0.15) is 11.6 Å². The summed E-state index contributed by atoms with van der Waals surface area (Å²) in [4.78, 5) is 16.3. The number of rotatable bonds is 4. The van der Waals surface area contributed by atoms with Gasteiger partial charge in [0.25, 0.3) is 5.91 Å². The molecule has 2 N–H and O–H groups in total. The van der Waals surface area contributed by atoms with Crippen LogP contribution in [0, 0.1) is 6.92 Å². The molecule has 20 heavy (non-hydrogen) atoms. The molecule has 1 aromatic carbocycles. The van der Waals surface area contributed by atoms with E-state index in [1.165, 1.54) is 0 Å². The molecule has 0 saturated carbocycles. The quantitative estimate of drug-likeness (QED) is 0.897. The normalized spacial score (nSPS) is 9.95. The number of hydrogen-bond donors (Lipinski definition) is 2. The molecular formula is C15H17N3O2. The van der Waals surface area contributed by atoms with Gasteiger partial charge in [0.15, 0.2) is 0 Å². The Labute approximate surface area is 118 Å². The Balaban J connectivity index is 2.25. The van der Waals surface area contributed by atoms with E-state index in [2.05, 4.69) is 15.6 Å². The van der Waals surface area contributed by atoms with Gasteiger partial charge in [-0.2, -0.15) is 0 Å². The molecule has 0 bridgehead atoms. The van der Waals surface area contributed by atoms with Gasteiger partial charge >= 0.3 is 0 Å². The lowest BCUT2D eigenvalue weighted by Crippen LogP contribution is -2.13. The van der Waals surface area contributed by atoms with E-state index in [1.54, 1.807) is 32.5 Å². The second-order valence-electron chi connectivity index (χ2n) is 4.34. The Bertz CT molecular complexity index is 626. The first-order chi connectivity index (χ1) is 9.63. The van der Waals surface area contributed by atoms with E-state index in [-0.39, 0.29) is 5.91 Å². The molecule has 2 aromatic rings. The maximum atomic E-state index is 12.2. The molecule has 5 heteroatoms.